The van der Waals surface area contributed by atoms with Crippen LogP contribution in [0.15, 0.2) is 60.3 Å². The summed E-state index contributed by atoms with van der Waals surface area (Å²) < 4.78 is 7.50. The number of benzene rings is 2. The summed E-state index contributed by atoms with van der Waals surface area (Å²) in [6.45, 7) is 2.07. The molecule has 0 radical (unpaired) electrons. The van der Waals surface area contributed by atoms with Crippen LogP contribution in [-0.4, -0.2) is 16.7 Å². The molecule has 22 heavy (non-hydrogen) atoms. The molecule has 1 atom stereocenters. The maximum Gasteiger partial charge on any atom is 0.208 e. The van der Waals surface area contributed by atoms with Crippen molar-refractivity contribution in [3.05, 3.63) is 65.9 Å². The van der Waals surface area contributed by atoms with Crippen molar-refractivity contribution < 1.29 is 4.74 Å². The molecule has 1 aromatic heterocycles. The Morgan fingerprint density at radius 2 is 1.86 bits per heavy atom. The van der Waals surface area contributed by atoms with Crippen LogP contribution in [0.25, 0.3) is 11.0 Å². The Kier molecular flexibility index (Phi) is 2.89. The summed E-state index contributed by atoms with van der Waals surface area (Å²) in [6.07, 6.45) is 2.23. The Morgan fingerprint density at radius 1 is 1.09 bits per heavy atom. The van der Waals surface area contributed by atoms with E-state index in [1.54, 1.807) is 7.11 Å². The molecule has 0 bridgehead atoms. The molecule has 4 rings (SSSR count). The summed E-state index contributed by atoms with van der Waals surface area (Å²) in [5.74, 6) is 1.76. The Labute approximate surface area is 129 Å². The molecule has 0 saturated heterocycles. The topological polar surface area (TPSA) is 39.1 Å². The fourth-order valence-corrected chi connectivity index (χ4v) is 2.99. The van der Waals surface area contributed by atoms with Gasteiger partial charge >= 0.3 is 0 Å². The molecule has 4 heteroatoms. The number of anilines is 1. The minimum Gasteiger partial charge on any atom is -0.497 e. The molecule has 0 fully saturated rings. The zero-order chi connectivity index (χ0) is 15.1. The molecule has 0 saturated carbocycles. The minimum atomic E-state index is 0.134. The van der Waals surface area contributed by atoms with Crippen LogP contribution >= 0.6 is 0 Å². The SMILES string of the molecule is COc1ccc([C@@H]2C=C(C)Nc3nc4ccccc4n32)cc1. The summed E-state index contributed by atoms with van der Waals surface area (Å²) in [5, 5.41) is 3.36. The minimum absolute atomic E-state index is 0.134. The quantitative estimate of drug-likeness (QED) is 0.776. The third kappa shape index (κ3) is 1.96. The molecule has 4 nitrogen and oxygen atoms in total. The second kappa shape index (κ2) is 4.91. The number of methoxy groups -OCH3 is 1. The Bertz CT molecular complexity index is 862. The number of rotatable bonds is 2. The second-order valence-electron chi connectivity index (χ2n) is 5.49. The molecule has 2 heterocycles. The highest BCUT2D eigenvalue weighted by Gasteiger charge is 2.23. The van der Waals surface area contributed by atoms with Crippen molar-refractivity contribution in [3.63, 3.8) is 0 Å². The lowest BCUT2D eigenvalue weighted by Crippen LogP contribution is -2.18. The highest BCUT2D eigenvalue weighted by Crippen LogP contribution is 2.34. The van der Waals surface area contributed by atoms with Crippen molar-refractivity contribution in [2.24, 2.45) is 0 Å². The van der Waals surface area contributed by atoms with E-state index in [9.17, 15) is 0 Å². The van der Waals surface area contributed by atoms with Crippen LogP contribution in [0.5, 0.6) is 5.75 Å². The van der Waals surface area contributed by atoms with Crippen LogP contribution in [0.4, 0.5) is 5.95 Å². The third-order valence-electron chi connectivity index (χ3n) is 4.05. The van der Waals surface area contributed by atoms with E-state index in [-0.39, 0.29) is 6.04 Å². The molecule has 0 aliphatic carbocycles. The maximum absolute atomic E-state index is 5.26. The lowest BCUT2D eigenvalue weighted by atomic mass is 10.0. The first-order valence-electron chi connectivity index (χ1n) is 7.32. The predicted octanol–water partition coefficient (Wildman–Crippen LogP) is 3.96. The molecular formula is C18H17N3O. The monoisotopic (exact) mass is 291 g/mol. The molecule has 1 N–H and O–H groups in total. The van der Waals surface area contributed by atoms with Gasteiger partial charge in [-0.2, -0.15) is 0 Å². The van der Waals surface area contributed by atoms with Crippen LogP contribution in [0, 0.1) is 0 Å². The lowest BCUT2D eigenvalue weighted by Gasteiger charge is -2.25. The zero-order valence-electron chi connectivity index (χ0n) is 12.6. The molecule has 3 aromatic rings. The van der Waals surface area contributed by atoms with Crippen molar-refractivity contribution in [1.29, 1.82) is 0 Å². The largest absolute Gasteiger partial charge is 0.497 e. The summed E-state index contributed by atoms with van der Waals surface area (Å²) >= 11 is 0. The van der Waals surface area contributed by atoms with Crippen LogP contribution in [0.2, 0.25) is 0 Å². The smallest absolute Gasteiger partial charge is 0.208 e. The van der Waals surface area contributed by atoms with Gasteiger partial charge in [0, 0.05) is 5.70 Å². The van der Waals surface area contributed by atoms with Gasteiger partial charge in [0.2, 0.25) is 5.95 Å². The summed E-state index contributed by atoms with van der Waals surface area (Å²) in [7, 11) is 1.69. The second-order valence-corrected chi connectivity index (χ2v) is 5.49. The van der Waals surface area contributed by atoms with E-state index in [4.69, 9.17) is 9.72 Å². The fourth-order valence-electron chi connectivity index (χ4n) is 2.99. The van der Waals surface area contributed by atoms with Gasteiger partial charge in [0.15, 0.2) is 0 Å². The molecular weight excluding hydrogens is 274 g/mol. The number of imidazole rings is 1. The fraction of sp³-hybridized carbons (Fsp3) is 0.167. The van der Waals surface area contributed by atoms with E-state index >= 15 is 0 Å². The van der Waals surface area contributed by atoms with Gasteiger partial charge in [-0.15, -0.1) is 0 Å². The van der Waals surface area contributed by atoms with Crippen molar-refractivity contribution >= 4 is 17.0 Å². The van der Waals surface area contributed by atoms with Crippen LogP contribution < -0.4 is 10.1 Å². The van der Waals surface area contributed by atoms with E-state index in [1.165, 1.54) is 5.56 Å². The number of para-hydroxylation sites is 2. The van der Waals surface area contributed by atoms with Gasteiger partial charge in [0.05, 0.1) is 24.2 Å². The average Bonchev–Trinajstić information content (AvgIpc) is 2.92. The van der Waals surface area contributed by atoms with E-state index in [0.717, 1.165) is 28.4 Å². The normalized spacial score (nSPS) is 16.8. The first-order chi connectivity index (χ1) is 10.8. The van der Waals surface area contributed by atoms with Crippen LogP contribution in [-0.2, 0) is 0 Å². The van der Waals surface area contributed by atoms with Crippen LogP contribution in [0.3, 0.4) is 0 Å². The number of fused-ring (bicyclic) bond motifs is 3. The number of ether oxygens (including phenoxy) is 1. The van der Waals surface area contributed by atoms with E-state index in [2.05, 4.69) is 41.1 Å². The number of nitrogens with zero attached hydrogens (tertiary/aromatic N) is 2. The van der Waals surface area contributed by atoms with Crippen molar-refractivity contribution in [3.8, 4) is 5.75 Å². The molecule has 1 aliphatic heterocycles. The third-order valence-corrected chi connectivity index (χ3v) is 4.05. The standard InChI is InChI=1S/C18H17N3O/c1-12-11-17(13-7-9-14(22-2)10-8-13)21-16-6-4-3-5-15(16)20-18(21)19-12/h3-11,17H,1-2H3,(H,19,20)/t17-/m0/s1. The number of hydrogen-bond donors (Lipinski definition) is 1. The summed E-state index contributed by atoms with van der Waals surface area (Å²) in [4.78, 5) is 4.70. The van der Waals surface area contributed by atoms with Gasteiger partial charge in [0.1, 0.15) is 5.75 Å². The Balaban J connectivity index is 1.89. The van der Waals surface area contributed by atoms with Crippen molar-refractivity contribution in [2.75, 3.05) is 12.4 Å². The average molecular weight is 291 g/mol. The number of aromatic nitrogens is 2. The molecule has 0 unspecified atom stereocenters. The van der Waals surface area contributed by atoms with Crippen LogP contribution in [0.1, 0.15) is 18.5 Å². The zero-order valence-corrected chi connectivity index (χ0v) is 12.6. The highest BCUT2D eigenvalue weighted by molar-refractivity contribution is 5.80. The molecule has 110 valence electrons. The maximum atomic E-state index is 5.26. The first-order valence-corrected chi connectivity index (χ1v) is 7.32. The van der Waals surface area contributed by atoms with Crippen molar-refractivity contribution in [2.45, 2.75) is 13.0 Å². The lowest BCUT2D eigenvalue weighted by molar-refractivity contribution is 0.414. The Hall–Kier alpha value is -2.75. The summed E-state index contributed by atoms with van der Waals surface area (Å²) in [6, 6.07) is 16.6. The number of hydrogen-bond acceptors (Lipinski definition) is 3. The van der Waals surface area contributed by atoms with Gasteiger partial charge in [-0.1, -0.05) is 24.3 Å². The van der Waals surface area contributed by atoms with E-state index in [0.29, 0.717) is 0 Å². The number of allylic oxidation sites excluding steroid dienone is 2. The Morgan fingerprint density at radius 3 is 2.64 bits per heavy atom. The van der Waals surface area contributed by atoms with Gasteiger partial charge in [-0.25, -0.2) is 4.98 Å². The van der Waals surface area contributed by atoms with Gasteiger partial charge in [0.25, 0.3) is 0 Å². The molecule has 2 aromatic carbocycles. The molecule has 0 spiro atoms. The molecule has 1 aliphatic rings. The molecule has 0 amide bonds. The van der Waals surface area contributed by atoms with E-state index in [1.807, 2.05) is 30.3 Å². The van der Waals surface area contributed by atoms with E-state index < -0.39 is 0 Å². The van der Waals surface area contributed by atoms with Gasteiger partial charge in [-0.05, 0) is 42.8 Å². The summed E-state index contributed by atoms with van der Waals surface area (Å²) in [5.41, 5.74) is 4.47. The van der Waals surface area contributed by atoms with Gasteiger partial charge < -0.3 is 10.1 Å². The van der Waals surface area contributed by atoms with Crippen molar-refractivity contribution in [1.82, 2.24) is 9.55 Å². The first kappa shape index (κ1) is 13.0. The van der Waals surface area contributed by atoms with Gasteiger partial charge in [-0.3, -0.25) is 4.57 Å². The highest BCUT2D eigenvalue weighted by atomic mass is 16.5. The predicted molar refractivity (Wildman–Crippen MR) is 88.2 cm³/mol. The number of nitrogens with one attached hydrogen (secondary N) is 1.